The Bertz CT molecular complexity index is 10400. The van der Waals surface area contributed by atoms with Crippen molar-refractivity contribution in [2.24, 2.45) is 0 Å². The Balaban J connectivity index is 0.000000108. The molecule has 6 aromatic heterocycles. The van der Waals surface area contributed by atoms with Crippen molar-refractivity contribution in [3.63, 3.8) is 0 Å². The van der Waals surface area contributed by atoms with Gasteiger partial charge in [0.1, 0.15) is 0 Å². The standard InChI is InChI=1S/3C48H32N2/c1-4-14-33(15-5-1)35-18-12-21-39(30-35)50-44-24-11-10-22-41(44)42-31-36(26-28-45(42)50)37-27-29-46-43(32-37)48-40(34-16-6-2-7-17-34)23-13-25-47(48)49(46)38-19-8-3-9-20-38;1-4-14-33(15-5-1)35-18-12-21-39(30-35)50-46-29-27-37(32-43(46)48-40(23-13-25-47(48)50)34-16-6-2-7-17-34)36-26-28-45-42(31-36)41-22-10-11-24-44(41)49(45)38-19-8-3-9-20-38;1-4-12-33(13-5-1)35-20-25-40(26-21-35)50-45-19-11-10-18-41(45)42-31-37(23-28-46(42)50)38-24-29-48-44(32-38)43-30-36(34-14-6-2-7-15-34)22-27-47(43)49(48)39-16-8-3-9-17-39/h3*1-32H. The van der Waals surface area contributed by atoms with Crippen molar-refractivity contribution in [1.29, 1.82) is 0 Å². The molecular weight excluding hydrogens is 1810 g/mol. The molecule has 0 fully saturated rings. The molecule has 30 aromatic rings. The Kier molecular flexibility index (Phi) is 21.9. The third kappa shape index (κ3) is 15.4. The number of hydrogen-bond acceptors (Lipinski definition) is 0. The van der Waals surface area contributed by atoms with Gasteiger partial charge >= 0.3 is 0 Å². The van der Waals surface area contributed by atoms with E-state index in [9.17, 15) is 0 Å². The van der Waals surface area contributed by atoms with E-state index in [4.69, 9.17) is 0 Å². The van der Waals surface area contributed by atoms with Gasteiger partial charge in [-0.1, -0.05) is 394 Å². The fourth-order valence-electron chi connectivity index (χ4n) is 23.4. The topological polar surface area (TPSA) is 29.6 Å². The highest BCUT2D eigenvalue weighted by molar-refractivity contribution is 6.21. The summed E-state index contributed by atoms with van der Waals surface area (Å²) in [6.45, 7) is 0. The Morgan fingerprint density at radius 1 is 0.0867 bits per heavy atom. The van der Waals surface area contributed by atoms with E-state index in [1.165, 1.54) is 242 Å². The summed E-state index contributed by atoms with van der Waals surface area (Å²) in [7, 11) is 0. The molecule has 6 nitrogen and oxygen atoms in total. The summed E-state index contributed by atoms with van der Waals surface area (Å²) >= 11 is 0. The summed E-state index contributed by atoms with van der Waals surface area (Å²) in [5.74, 6) is 0. The van der Waals surface area contributed by atoms with E-state index in [0.717, 1.165) is 22.7 Å². The zero-order chi connectivity index (χ0) is 99.1. The molecule has 0 bridgehead atoms. The minimum Gasteiger partial charge on any atom is -0.309 e. The Morgan fingerprint density at radius 2 is 0.260 bits per heavy atom. The van der Waals surface area contributed by atoms with Gasteiger partial charge in [0.2, 0.25) is 0 Å². The SMILES string of the molecule is c1ccc(-c2ccc(-n3c4ccccc4c4cc(-c5ccc6c(c5)c5cc(-c7ccccc7)ccc5n6-c5ccccc5)ccc43)cc2)cc1.c1ccc(-c2cccc(-n3c4ccc(-c5ccc6c(c5)c5ccccc5n6-c5ccccc5)cc4c4c(-c5ccccc5)cccc43)c2)cc1.c1ccc(-c2cccc(-n3c4ccccc4c4cc(-c5ccc6c(c5)c5c(-c7ccccc7)cccc5n6-c5ccccc5)ccc43)c2)cc1. The lowest BCUT2D eigenvalue weighted by atomic mass is 9.97. The van der Waals surface area contributed by atoms with Crippen LogP contribution < -0.4 is 0 Å². The highest BCUT2D eigenvalue weighted by Crippen LogP contribution is 2.48. The molecule has 0 spiro atoms. The van der Waals surface area contributed by atoms with Crippen LogP contribution in [0.25, 0.3) is 265 Å². The number of hydrogen-bond donors (Lipinski definition) is 0. The minimum atomic E-state index is 1.15. The predicted molar refractivity (Wildman–Crippen MR) is 634 cm³/mol. The molecule has 0 aliphatic rings. The molecule has 0 saturated heterocycles. The molecule has 30 rings (SSSR count). The maximum Gasteiger partial charge on any atom is 0.0547 e. The Labute approximate surface area is 868 Å². The predicted octanol–water partition coefficient (Wildman–Crippen LogP) is 38.6. The molecule has 6 heteroatoms. The van der Waals surface area contributed by atoms with Crippen LogP contribution in [0.4, 0.5) is 0 Å². The van der Waals surface area contributed by atoms with Gasteiger partial charge in [0, 0.05) is 98.8 Å². The molecule has 0 radical (unpaired) electrons. The number of aromatic nitrogens is 6. The minimum absolute atomic E-state index is 1.15. The molecule has 0 unspecified atom stereocenters. The lowest BCUT2D eigenvalue weighted by Crippen LogP contribution is -1.94. The van der Waals surface area contributed by atoms with Crippen LogP contribution in [0.1, 0.15) is 0 Å². The van der Waals surface area contributed by atoms with Gasteiger partial charge in [-0.05, 0) is 288 Å². The van der Waals surface area contributed by atoms with Crippen LogP contribution in [-0.4, -0.2) is 27.4 Å². The number of rotatable bonds is 15. The van der Waals surface area contributed by atoms with Crippen molar-refractivity contribution >= 4 is 131 Å². The van der Waals surface area contributed by atoms with Gasteiger partial charge in [0.05, 0.1) is 66.2 Å². The zero-order valence-corrected chi connectivity index (χ0v) is 82.1. The van der Waals surface area contributed by atoms with Crippen LogP contribution in [0.15, 0.2) is 582 Å². The van der Waals surface area contributed by atoms with Gasteiger partial charge in [-0.2, -0.15) is 0 Å². The highest BCUT2D eigenvalue weighted by Gasteiger charge is 2.25. The molecular formula is C144H96N6. The van der Waals surface area contributed by atoms with Gasteiger partial charge in [0.25, 0.3) is 0 Å². The summed E-state index contributed by atoms with van der Waals surface area (Å²) in [6.07, 6.45) is 0. The second-order valence-electron chi connectivity index (χ2n) is 38.9. The largest absolute Gasteiger partial charge is 0.309 e. The van der Waals surface area contributed by atoms with Gasteiger partial charge < -0.3 is 27.4 Å². The van der Waals surface area contributed by atoms with Crippen molar-refractivity contribution in [1.82, 2.24) is 27.4 Å². The van der Waals surface area contributed by atoms with E-state index in [-0.39, 0.29) is 0 Å². The summed E-state index contributed by atoms with van der Waals surface area (Å²) in [6, 6.07) is 211. The first-order chi connectivity index (χ1) is 74.4. The lowest BCUT2D eigenvalue weighted by molar-refractivity contribution is 1.18. The van der Waals surface area contributed by atoms with Crippen LogP contribution in [-0.2, 0) is 0 Å². The van der Waals surface area contributed by atoms with E-state index >= 15 is 0 Å². The second-order valence-corrected chi connectivity index (χ2v) is 38.9. The van der Waals surface area contributed by atoms with Crippen LogP contribution in [0.5, 0.6) is 0 Å². The van der Waals surface area contributed by atoms with Crippen molar-refractivity contribution in [3.05, 3.63) is 582 Å². The number of nitrogens with zero attached hydrogens (tertiary/aromatic N) is 6. The summed E-state index contributed by atoms with van der Waals surface area (Å²) in [5, 5.41) is 15.1. The normalized spacial score (nSPS) is 11.6. The van der Waals surface area contributed by atoms with Gasteiger partial charge in [-0.15, -0.1) is 0 Å². The quantitative estimate of drug-likeness (QED) is 0.0979. The maximum atomic E-state index is 2.43. The first-order valence-corrected chi connectivity index (χ1v) is 51.6. The molecule has 0 aliphatic heterocycles. The van der Waals surface area contributed by atoms with E-state index in [1.807, 2.05) is 0 Å². The number of fused-ring (bicyclic) bond motifs is 18. The maximum absolute atomic E-state index is 2.43. The molecule has 6 heterocycles. The molecule has 0 N–H and O–H groups in total. The third-order valence-corrected chi connectivity index (χ3v) is 30.3. The number of para-hydroxylation sites is 6. The van der Waals surface area contributed by atoms with Crippen LogP contribution in [0.3, 0.4) is 0 Å². The first kappa shape index (κ1) is 87.8. The van der Waals surface area contributed by atoms with E-state index in [0.29, 0.717) is 0 Å². The summed E-state index contributed by atoms with van der Waals surface area (Å²) in [4.78, 5) is 0. The van der Waals surface area contributed by atoms with Crippen LogP contribution in [0, 0.1) is 0 Å². The van der Waals surface area contributed by atoms with Crippen molar-refractivity contribution in [2.45, 2.75) is 0 Å². The van der Waals surface area contributed by atoms with E-state index in [1.54, 1.807) is 0 Å². The molecule has 0 aliphatic carbocycles. The zero-order valence-electron chi connectivity index (χ0n) is 82.1. The molecule has 24 aromatic carbocycles. The van der Waals surface area contributed by atoms with Crippen LogP contribution >= 0.6 is 0 Å². The summed E-state index contributed by atoms with van der Waals surface area (Å²) < 4.78 is 14.4. The van der Waals surface area contributed by atoms with Crippen molar-refractivity contribution < 1.29 is 0 Å². The molecule has 0 amide bonds. The van der Waals surface area contributed by atoms with E-state index in [2.05, 4.69) is 610 Å². The van der Waals surface area contributed by atoms with E-state index < -0.39 is 0 Å². The van der Waals surface area contributed by atoms with Crippen molar-refractivity contribution in [3.8, 4) is 134 Å². The van der Waals surface area contributed by atoms with Crippen molar-refractivity contribution in [2.75, 3.05) is 0 Å². The molecule has 702 valence electrons. The summed E-state index contributed by atoms with van der Waals surface area (Å²) in [5.41, 5.74) is 43.4. The Hall–Kier alpha value is -19.9. The van der Waals surface area contributed by atoms with Crippen LogP contribution in [0.2, 0.25) is 0 Å². The number of benzene rings is 24. The van der Waals surface area contributed by atoms with Gasteiger partial charge in [-0.25, -0.2) is 0 Å². The highest BCUT2D eigenvalue weighted by atomic mass is 15.0. The molecule has 0 saturated carbocycles. The second kappa shape index (κ2) is 37.4. The monoisotopic (exact) mass is 1910 g/mol. The fourth-order valence-corrected chi connectivity index (χ4v) is 23.4. The third-order valence-electron chi connectivity index (χ3n) is 30.3. The fraction of sp³-hybridized carbons (Fsp3) is 0. The first-order valence-electron chi connectivity index (χ1n) is 51.6. The lowest BCUT2D eigenvalue weighted by Gasteiger charge is -2.11. The average molecular weight is 1910 g/mol. The smallest absolute Gasteiger partial charge is 0.0547 e. The Morgan fingerprint density at radius 3 is 0.573 bits per heavy atom. The van der Waals surface area contributed by atoms with Gasteiger partial charge in [0.15, 0.2) is 0 Å². The average Bonchev–Trinajstić information content (AvgIpc) is 1.57. The van der Waals surface area contributed by atoms with Gasteiger partial charge in [-0.3, -0.25) is 0 Å². The molecule has 150 heavy (non-hydrogen) atoms. The molecule has 0 atom stereocenters.